The molecule has 0 fully saturated rings. The van der Waals surface area contributed by atoms with Crippen LogP contribution in [0, 0.1) is 12.3 Å². The molecular formula is C13H15NO2. The zero-order valence-electron chi connectivity index (χ0n) is 9.70. The third-order valence-corrected chi connectivity index (χ3v) is 1.76. The summed E-state index contributed by atoms with van der Waals surface area (Å²) >= 11 is 0. The Bertz CT molecular complexity index is 450. The average molecular weight is 217 g/mol. The molecule has 0 heterocycles. The van der Waals surface area contributed by atoms with Crippen molar-refractivity contribution in [3.63, 3.8) is 0 Å². The number of nitrogen functional groups attached to an aromatic ring is 1. The Balaban J connectivity index is 3.01. The summed E-state index contributed by atoms with van der Waals surface area (Å²) in [6, 6.07) is 4.77. The molecule has 3 nitrogen and oxygen atoms in total. The molecule has 0 bridgehead atoms. The minimum Gasteiger partial charge on any atom is -0.456 e. The largest absolute Gasteiger partial charge is 0.456 e. The van der Waals surface area contributed by atoms with E-state index in [-0.39, 0.29) is 0 Å². The van der Waals surface area contributed by atoms with Crippen molar-refractivity contribution in [1.29, 1.82) is 0 Å². The van der Waals surface area contributed by atoms with Crippen LogP contribution in [0.3, 0.4) is 0 Å². The minimum atomic E-state index is -0.530. The maximum absolute atomic E-state index is 11.7. The summed E-state index contributed by atoms with van der Waals surface area (Å²) in [5.74, 6) is 2.02. The van der Waals surface area contributed by atoms with E-state index in [1.165, 1.54) is 0 Å². The first kappa shape index (κ1) is 12.1. The number of benzene rings is 1. The van der Waals surface area contributed by atoms with Crippen molar-refractivity contribution in [2.75, 3.05) is 5.73 Å². The van der Waals surface area contributed by atoms with Gasteiger partial charge in [-0.3, -0.25) is 0 Å². The molecule has 0 atom stereocenters. The summed E-state index contributed by atoms with van der Waals surface area (Å²) in [4.78, 5) is 11.7. The Morgan fingerprint density at radius 2 is 2.00 bits per heavy atom. The highest BCUT2D eigenvalue weighted by Gasteiger charge is 2.18. The van der Waals surface area contributed by atoms with Crippen LogP contribution in [0.5, 0.6) is 0 Å². The Kier molecular flexibility index (Phi) is 3.24. The lowest BCUT2D eigenvalue weighted by molar-refractivity contribution is 0.00695. The van der Waals surface area contributed by atoms with Crippen LogP contribution in [0.15, 0.2) is 18.2 Å². The first-order valence-corrected chi connectivity index (χ1v) is 4.92. The van der Waals surface area contributed by atoms with Crippen LogP contribution in [0.2, 0.25) is 0 Å². The van der Waals surface area contributed by atoms with Gasteiger partial charge in [0.05, 0.1) is 5.56 Å². The molecule has 3 heteroatoms. The number of terminal acetylenes is 1. The molecule has 0 aliphatic rings. The number of carbonyl (C=O) groups is 1. The van der Waals surface area contributed by atoms with Gasteiger partial charge in [0.25, 0.3) is 0 Å². The maximum atomic E-state index is 11.7. The average Bonchev–Trinajstić information content (AvgIpc) is 2.14. The van der Waals surface area contributed by atoms with Gasteiger partial charge in [0.15, 0.2) is 0 Å². The van der Waals surface area contributed by atoms with Gasteiger partial charge in [-0.1, -0.05) is 5.92 Å². The lowest BCUT2D eigenvalue weighted by Crippen LogP contribution is -2.24. The summed E-state index contributed by atoms with van der Waals surface area (Å²) in [5, 5.41) is 0. The van der Waals surface area contributed by atoms with Crippen molar-refractivity contribution < 1.29 is 9.53 Å². The van der Waals surface area contributed by atoms with E-state index in [9.17, 15) is 4.79 Å². The standard InChI is InChI=1S/C13H15NO2/c1-5-9-6-10(8-11(14)7-9)12(15)16-13(2,3)4/h1,6-8H,14H2,2-4H3. The topological polar surface area (TPSA) is 52.3 Å². The number of anilines is 1. The van der Waals surface area contributed by atoms with E-state index < -0.39 is 11.6 Å². The monoisotopic (exact) mass is 217 g/mol. The van der Waals surface area contributed by atoms with E-state index in [1.807, 2.05) is 0 Å². The zero-order chi connectivity index (χ0) is 12.3. The summed E-state index contributed by atoms with van der Waals surface area (Å²) in [7, 11) is 0. The van der Waals surface area contributed by atoms with Crippen LogP contribution >= 0.6 is 0 Å². The van der Waals surface area contributed by atoms with Gasteiger partial charge in [-0.25, -0.2) is 4.79 Å². The summed E-state index contributed by atoms with van der Waals surface area (Å²) in [6.45, 7) is 5.41. The zero-order valence-corrected chi connectivity index (χ0v) is 9.70. The molecule has 0 aliphatic heterocycles. The molecule has 16 heavy (non-hydrogen) atoms. The van der Waals surface area contributed by atoms with E-state index >= 15 is 0 Å². The minimum absolute atomic E-state index is 0.378. The van der Waals surface area contributed by atoms with E-state index in [4.69, 9.17) is 16.9 Å². The van der Waals surface area contributed by atoms with Crippen molar-refractivity contribution in [2.24, 2.45) is 0 Å². The van der Waals surface area contributed by atoms with Crippen LogP contribution in [-0.4, -0.2) is 11.6 Å². The quantitative estimate of drug-likeness (QED) is 0.445. The van der Waals surface area contributed by atoms with Crippen molar-refractivity contribution in [2.45, 2.75) is 26.4 Å². The maximum Gasteiger partial charge on any atom is 0.338 e. The third-order valence-electron chi connectivity index (χ3n) is 1.76. The molecule has 0 saturated carbocycles. The molecule has 0 radical (unpaired) electrons. The number of esters is 1. The van der Waals surface area contributed by atoms with Gasteiger partial charge in [-0.15, -0.1) is 6.42 Å². The van der Waals surface area contributed by atoms with Gasteiger partial charge >= 0.3 is 5.97 Å². The third kappa shape index (κ3) is 3.32. The lowest BCUT2D eigenvalue weighted by atomic mass is 10.1. The molecule has 0 saturated heterocycles. The van der Waals surface area contributed by atoms with Crippen molar-refractivity contribution in [1.82, 2.24) is 0 Å². The molecule has 2 N–H and O–H groups in total. The number of rotatable bonds is 1. The first-order valence-electron chi connectivity index (χ1n) is 4.92. The molecule has 1 rings (SSSR count). The van der Waals surface area contributed by atoms with Crippen molar-refractivity contribution in [3.8, 4) is 12.3 Å². The van der Waals surface area contributed by atoms with Crippen LogP contribution in [-0.2, 0) is 4.74 Å². The Labute approximate surface area is 95.6 Å². The molecule has 0 aliphatic carbocycles. The van der Waals surface area contributed by atoms with E-state index in [2.05, 4.69) is 5.92 Å². The fourth-order valence-electron chi connectivity index (χ4n) is 1.19. The molecule has 84 valence electrons. The van der Waals surface area contributed by atoms with E-state index in [0.29, 0.717) is 16.8 Å². The highest BCUT2D eigenvalue weighted by atomic mass is 16.6. The van der Waals surface area contributed by atoms with Crippen LogP contribution in [0.1, 0.15) is 36.7 Å². The fourth-order valence-corrected chi connectivity index (χ4v) is 1.19. The molecule has 0 spiro atoms. The SMILES string of the molecule is C#Cc1cc(N)cc(C(=O)OC(C)(C)C)c1. The molecular weight excluding hydrogens is 202 g/mol. The molecule has 0 aromatic heterocycles. The van der Waals surface area contributed by atoms with Gasteiger partial charge in [0, 0.05) is 11.3 Å². The first-order chi connectivity index (χ1) is 7.31. The van der Waals surface area contributed by atoms with Gasteiger partial charge in [-0.05, 0) is 39.0 Å². The van der Waals surface area contributed by atoms with Crippen molar-refractivity contribution in [3.05, 3.63) is 29.3 Å². The van der Waals surface area contributed by atoms with Crippen LogP contribution < -0.4 is 5.73 Å². The van der Waals surface area contributed by atoms with E-state index in [1.54, 1.807) is 39.0 Å². The second kappa shape index (κ2) is 4.28. The summed E-state index contributed by atoms with van der Waals surface area (Å²) in [5.41, 5.74) is 6.51. The Morgan fingerprint density at radius 1 is 1.38 bits per heavy atom. The van der Waals surface area contributed by atoms with E-state index in [0.717, 1.165) is 0 Å². The molecule has 0 unspecified atom stereocenters. The second-order valence-corrected chi connectivity index (χ2v) is 4.49. The molecule has 1 aromatic rings. The Hall–Kier alpha value is -1.95. The predicted molar refractivity (Wildman–Crippen MR) is 64.0 cm³/mol. The Morgan fingerprint density at radius 3 is 2.50 bits per heavy atom. The number of nitrogens with two attached hydrogens (primary N) is 1. The number of carbonyl (C=O) groups excluding carboxylic acids is 1. The summed E-state index contributed by atoms with van der Waals surface area (Å²) in [6.07, 6.45) is 5.26. The summed E-state index contributed by atoms with van der Waals surface area (Å²) < 4.78 is 5.22. The molecule has 0 amide bonds. The van der Waals surface area contributed by atoms with Gasteiger partial charge in [0.2, 0.25) is 0 Å². The van der Waals surface area contributed by atoms with Gasteiger partial charge in [-0.2, -0.15) is 0 Å². The number of hydrogen-bond acceptors (Lipinski definition) is 3. The normalized spacial score (nSPS) is 10.6. The van der Waals surface area contributed by atoms with Crippen LogP contribution in [0.25, 0.3) is 0 Å². The number of ether oxygens (including phenoxy) is 1. The predicted octanol–water partition coefficient (Wildman–Crippen LogP) is 2.21. The highest BCUT2D eigenvalue weighted by Crippen LogP contribution is 2.16. The lowest BCUT2D eigenvalue weighted by Gasteiger charge is -2.19. The number of hydrogen-bond donors (Lipinski definition) is 1. The highest BCUT2D eigenvalue weighted by molar-refractivity contribution is 5.91. The molecule has 1 aromatic carbocycles. The van der Waals surface area contributed by atoms with Gasteiger partial charge < -0.3 is 10.5 Å². The second-order valence-electron chi connectivity index (χ2n) is 4.49. The van der Waals surface area contributed by atoms with Gasteiger partial charge in [0.1, 0.15) is 5.60 Å². The van der Waals surface area contributed by atoms with Crippen LogP contribution in [0.4, 0.5) is 5.69 Å². The fraction of sp³-hybridized carbons (Fsp3) is 0.308. The van der Waals surface area contributed by atoms with Crippen molar-refractivity contribution >= 4 is 11.7 Å². The smallest absolute Gasteiger partial charge is 0.338 e.